The van der Waals surface area contributed by atoms with E-state index in [1.165, 1.54) is 12.4 Å². The average molecular weight is 962 g/mol. The molecule has 68 heavy (non-hydrogen) atoms. The van der Waals surface area contributed by atoms with Gasteiger partial charge in [-0.3, -0.25) is 9.97 Å². The minimum atomic E-state index is -1.61. The molecule has 6 N–H and O–H groups in total. The smallest absolute Gasteiger partial charge is 0.333 e. The van der Waals surface area contributed by atoms with Crippen molar-refractivity contribution in [3.63, 3.8) is 0 Å². The maximum atomic E-state index is 11.2. The van der Waals surface area contributed by atoms with Crippen LogP contribution in [-0.2, 0) is 49.1 Å². The van der Waals surface area contributed by atoms with Crippen molar-refractivity contribution in [3.05, 3.63) is 163 Å². The number of pyridine rings is 2. The topological polar surface area (TPSA) is 249 Å². The number of nitriles is 2. The van der Waals surface area contributed by atoms with E-state index in [-0.39, 0.29) is 62.7 Å². The van der Waals surface area contributed by atoms with Gasteiger partial charge in [0.2, 0.25) is 0 Å². The number of aliphatic carboxylic acids is 2. The number of aliphatic hydroxyl groups is 2. The van der Waals surface area contributed by atoms with E-state index in [0.29, 0.717) is 56.4 Å². The molecule has 0 bridgehead atoms. The Morgan fingerprint density at radius 3 is 1.37 bits per heavy atom. The number of carboxylic acid groups (broad SMARTS) is 2. The molecule has 18 heteroatoms. The molecule has 350 valence electrons. The third kappa shape index (κ3) is 13.4. The summed E-state index contributed by atoms with van der Waals surface area (Å²) in [6.45, 7) is 4.24. The first-order valence-electron chi connectivity index (χ1n) is 21.0. The number of nitrogens with zero attached hydrogens (tertiary/aromatic N) is 4. The molecule has 6 aromatic rings. The van der Waals surface area contributed by atoms with Crippen LogP contribution in [-0.4, -0.2) is 67.6 Å². The number of nitrogens with one attached hydrogen (secondary N) is 2. The van der Waals surface area contributed by atoms with E-state index in [0.717, 1.165) is 33.4 Å². The zero-order valence-corrected chi connectivity index (χ0v) is 38.3. The summed E-state index contributed by atoms with van der Waals surface area (Å²) in [7, 11) is 0. The molecule has 0 fully saturated rings. The Morgan fingerprint density at radius 2 is 0.985 bits per heavy atom. The zero-order valence-electron chi connectivity index (χ0n) is 36.8. The van der Waals surface area contributed by atoms with Crippen molar-refractivity contribution in [2.75, 3.05) is 13.1 Å². The molecule has 0 aliphatic rings. The van der Waals surface area contributed by atoms with Gasteiger partial charge in [-0.2, -0.15) is 10.5 Å². The SMILES string of the molecule is Cc1c(COc2cc(OCc3cncc(C#N)c3)c(CNC[C@H](O)C(=O)O)cc2Cl)cccc1-c1cccc(COc2cc(OCc3cncc(C#N)c3)c(CNC[C@H](O)C(=O)O)cc2Cl)c1C. The number of hydrogen-bond donors (Lipinski definition) is 6. The molecular weight excluding hydrogens is 915 g/mol. The Bertz CT molecular complexity index is 2680. The highest BCUT2D eigenvalue weighted by atomic mass is 35.5. The molecular formula is C50H46Cl2N6O10. The molecule has 16 nitrogen and oxygen atoms in total. The minimum absolute atomic E-state index is 0.0634. The Balaban J connectivity index is 1.19. The summed E-state index contributed by atoms with van der Waals surface area (Å²) < 4.78 is 25.0. The molecule has 4 aromatic carbocycles. The molecule has 0 amide bonds. The van der Waals surface area contributed by atoms with E-state index >= 15 is 0 Å². The second-order valence-corrected chi connectivity index (χ2v) is 16.3. The molecule has 0 unspecified atom stereocenters. The van der Waals surface area contributed by atoms with Crippen LogP contribution in [0.5, 0.6) is 23.0 Å². The number of benzene rings is 4. The minimum Gasteiger partial charge on any atom is -0.488 e. The standard InChI is InChI=1S/C50H46Cl2N6O10/c1-29-35(27-67-47-13-45(65-25-33-9-31(15-53)17-55-19-33)37(11-41(47)51)21-57-23-43(59)49(61)62)5-3-7-39(29)40-8-4-6-36(30(40)2)28-68-48-14-46(66-26-34-10-32(16-54)18-56-20-34)38(12-42(48)52)22-58-24-44(60)50(63)64/h3-14,17-20,43-44,57-60H,21-28H2,1-2H3,(H,61,62)(H,63,64)/t43-,44-/m0/s1. The van der Waals surface area contributed by atoms with Gasteiger partial charge in [0, 0.05) is 85.4 Å². The van der Waals surface area contributed by atoms with Crippen LogP contribution in [0.4, 0.5) is 0 Å². The zero-order chi connectivity index (χ0) is 48.7. The highest BCUT2D eigenvalue weighted by molar-refractivity contribution is 6.32. The predicted octanol–water partition coefficient (Wildman–Crippen LogP) is 7.20. The van der Waals surface area contributed by atoms with Crippen LogP contribution in [0.15, 0.2) is 97.6 Å². The highest BCUT2D eigenvalue weighted by Crippen LogP contribution is 2.37. The molecule has 0 aliphatic heterocycles. The van der Waals surface area contributed by atoms with Crippen molar-refractivity contribution in [1.82, 2.24) is 20.6 Å². The van der Waals surface area contributed by atoms with Gasteiger partial charge in [0.25, 0.3) is 0 Å². The molecule has 6 rings (SSSR count). The van der Waals surface area contributed by atoms with Gasteiger partial charge in [-0.15, -0.1) is 0 Å². The van der Waals surface area contributed by atoms with Crippen LogP contribution in [0, 0.1) is 36.5 Å². The molecule has 0 spiro atoms. The fraction of sp³-hybridized carbons (Fsp3) is 0.240. The van der Waals surface area contributed by atoms with Crippen LogP contribution in [0.3, 0.4) is 0 Å². The first-order chi connectivity index (χ1) is 32.7. The summed E-state index contributed by atoms with van der Waals surface area (Å²) in [6, 6.07) is 25.9. The van der Waals surface area contributed by atoms with E-state index in [4.69, 9.17) is 52.4 Å². The van der Waals surface area contributed by atoms with Crippen LogP contribution < -0.4 is 29.6 Å². The number of aromatic nitrogens is 2. The van der Waals surface area contributed by atoms with Crippen molar-refractivity contribution in [1.29, 1.82) is 10.5 Å². The monoisotopic (exact) mass is 960 g/mol. The van der Waals surface area contributed by atoms with Gasteiger partial charge in [0.05, 0.1) is 21.2 Å². The molecule has 0 saturated heterocycles. The van der Waals surface area contributed by atoms with E-state index in [2.05, 4.69) is 32.7 Å². The number of halogens is 2. The fourth-order valence-corrected chi connectivity index (χ4v) is 7.41. The average Bonchev–Trinajstić information content (AvgIpc) is 3.33. The summed E-state index contributed by atoms with van der Waals surface area (Å²) >= 11 is 13.5. The number of aliphatic hydroxyl groups excluding tert-OH is 2. The second-order valence-electron chi connectivity index (χ2n) is 15.5. The molecule has 0 aliphatic carbocycles. The lowest BCUT2D eigenvalue weighted by molar-refractivity contribution is -0.147. The van der Waals surface area contributed by atoms with Gasteiger partial charge in [-0.05, 0) is 71.5 Å². The summed E-state index contributed by atoms with van der Waals surface area (Å²) in [5, 5.41) is 62.8. The van der Waals surface area contributed by atoms with Crippen LogP contribution in [0.1, 0.15) is 55.6 Å². The summed E-state index contributed by atoms with van der Waals surface area (Å²) in [5.74, 6) is -1.28. The first kappa shape index (κ1) is 50.1. The highest BCUT2D eigenvalue weighted by Gasteiger charge is 2.19. The van der Waals surface area contributed by atoms with Crippen LogP contribution in [0.25, 0.3) is 11.1 Å². The molecule has 2 atom stereocenters. The summed E-state index contributed by atoms with van der Waals surface area (Å²) in [4.78, 5) is 30.5. The third-order valence-corrected chi connectivity index (χ3v) is 11.3. The molecule has 2 heterocycles. The van der Waals surface area contributed by atoms with Crippen LogP contribution in [0.2, 0.25) is 10.0 Å². The van der Waals surface area contributed by atoms with Gasteiger partial charge in [0.15, 0.2) is 12.2 Å². The Morgan fingerprint density at radius 1 is 0.588 bits per heavy atom. The van der Waals surface area contributed by atoms with E-state index in [1.807, 2.05) is 50.2 Å². The lowest BCUT2D eigenvalue weighted by atomic mass is 9.92. The van der Waals surface area contributed by atoms with Crippen molar-refractivity contribution in [2.45, 2.75) is 65.6 Å². The molecule has 0 radical (unpaired) electrons. The Labute approximate surface area is 401 Å². The third-order valence-electron chi connectivity index (χ3n) is 10.7. The van der Waals surface area contributed by atoms with Crippen molar-refractivity contribution in [3.8, 4) is 46.3 Å². The van der Waals surface area contributed by atoms with Gasteiger partial charge in [-0.25, -0.2) is 9.59 Å². The van der Waals surface area contributed by atoms with Crippen LogP contribution >= 0.6 is 23.2 Å². The second kappa shape index (κ2) is 24.0. The van der Waals surface area contributed by atoms with Gasteiger partial charge >= 0.3 is 11.9 Å². The number of ether oxygens (including phenoxy) is 4. The fourth-order valence-electron chi connectivity index (χ4n) is 6.93. The Kier molecular flexibility index (Phi) is 17.7. The van der Waals surface area contributed by atoms with Gasteiger partial charge in [-0.1, -0.05) is 59.6 Å². The normalized spacial score (nSPS) is 11.8. The lowest BCUT2D eigenvalue weighted by Gasteiger charge is -2.19. The van der Waals surface area contributed by atoms with Crippen molar-refractivity contribution in [2.24, 2.45) is 0 Å². The van der Waals surface area contributed by atoms with Crippen molar-refractivity contribution < 1.29 is 49.0 Å². The summed E-state index contributed by atoms with van der Waals surface area (Å²) in [6.07, 6.45) is 2.84. The number of carbonyl (C=O) groups is 2. The quantitative estimate of drug-likeness (QED) is 0.0372. The molecule has 2 aromatic heterocycles. The van der Waals surface area contributed by atoms with Gasteiger partial charge < -0.3 is 50.0 Å². The van der Waals surface area contributed by atoms with Gasteiger partial charge in [0.1, 0.15) is 61.6 Å². The number of rotatable bonds is 23. The molecule has 0 saturated carbocycles. The largest absolute Gasteiger partial charge is 0.488 e. The number of hydrogen-bond acceptors (Lipinski definition) is 14. The predicted molar refractivity (Wildman–Crippen MR) is 250 cm³/mol. The lowest BCUT2D eigenvalue weighted by Crippen LogP contribution is -2.32. The van der Waals surface area contributed by atoms with E-state index in [9.17, 15) is 30.3 Å². The van der Waals surface area contributed by atoms with E-state index in [1.54, 1.807) is 48.8 Å². The maximum Gasteiger partial charge on any atom is 0.333 e. The number of carboxylic acids is 2. The Hall–Kier alpha value is -7.28. The maximum absolute atomic E-state index is 11.2. The van der Waals surface area contributed by atoms with E-state index < -0.39 is 24.1 Å². The van der Waals surface area contributed by atoms with Crippen molar-refractivity contribution >= 4 is 35.1 Å². The first-order valence-corrected chi connectivity index (χ1v) is 21.7. The summed E-state index contributed by atoms with van der Waals surface area (Å²) in [5.41, 5.74) is 8.83.